The first-order valence-corrected chi connectivity index (χ1v) is 6.71. The second-order valence-electron chi connectivity index (χ2n) is 6.07. The fourth-order valence-corrected chi connectivity index (χ4v) is 2.13. The summed E-state index contributed by atoms with van der Waals surface area (Å²) in [4.78, 5) is 0. The van der Waals surface area contributed by atoms with Crippen LogP contribution in [0.15, 0.2) is 30.5 Å². The summed E-state index contributed by atoms with van der Waals surface area (Å²) in [7, 11) is -0.327. The molecule has 1 aromatic heterocycles. The predicted octanol–water partition coefficient (Wildman–Crippen LogP) is 1.77. The Morgan fingerprint density at radius 1 is 1.00 bits per heavy atom. The average Bonchev–Trinajstić information content (AvgIpc) is 2.97. The van der Waals surface area contributed by atoms with Crippen molar-refractivity contribution >= 4 is 12.6 Å². The Hall–Kier alpha value is -1.66. The molecule has 0 radical (unpaired) electrons. The van der Waals surface area contributed by atoms with E-state index in [0.29, 0.717) is 0 Å². The second kappa shape index (κ2) is 4.43. The quantitative estimate of drug-likeness (QED) is 0.846. The number of benzene rings is 1. The van der Waals surface area contributed by atoms with Gasteiger partial charge in [-0.1, -0.05) is 24.3 Å². The molecule has 2 aromatic rings. The standard InChI is InChI=1S/C14H18BN3O2/c1-13(2)14(3,4)20-15(19-13)11-7-5-10(6-8-11)12-9-16-18-17-12/h5-9H,1-4H3,(H,16,17,18). The summed E-state index contributed by atoms with van der Waals surface area (Å²) in [5, 5.41) is 10.5. The number of nitrogens with zero attached hydrogens (tertiary/aromatic N) is 2. The van der Waals surface area contributed by atoms with Crippen molar-refractivity contribution in [2.24, 2.45) is 0 Å². The summed E-state index contributed by atoms with van der Waals surface area (Å²) < 4.78 is 12.0. The van der Waals surface area contributed by atoms with Gasteiger partial charge in [-0.15, -0.1) is 0 Å². The monoisotopic (exact) mass is 271 g/mol. The smallest absolute Gasteiger partial charge is 0.399 e. The lowest BCUT2D eigenvalue weighted by atomic mass is 9.79. The maximum atomic E-state index is 6.02. The molecule has 0 aliphatic carbocycles. The minimum absolute atomic E-state index is 0.317. The zero-order valence-corrected chi connectivity index (χ0v) is 12.2. The van der Waals surface area contributed by atoms with E-state index in [4.69, 9.17) is 9.31 Å². The molecule has 0 bridgehead atoms. The predicted molar refractivity (Wildman–Crippen MR) is 77.5 cm³/mol. The summed E-state index contributed by atoms with van der Waals surface area (Å²) in [6.07, 6.45) is 1.70. The molecule has 0 atom stereocenters. The van der Waals surface area contributed by atoms with E-state index in [0.717, 1.165) is 16.7 Å². The molecule has 2 heterocycles. The number of aromatic nitrogens is 3. The van der Waals surface area contributed by atoms with Gasteiger partial charge < -0.3 is 9.31 Å². The SMILES string of the molecule is CC1(C)OB(c2ccc(-c3cn[nH]n3)cc2)OC1(C)C. The summed E-state index contributed by atoms with van der Waals surface area (Å²) >= 11 is 0. The molecule has 104 valence electrons. The highest BCUT2D eigenvalue weighted by molar-refractivity contribution is 6.62. The third-order valence-electron chi connectivity index (χ3n) is 4.15. The fraction of sp³-hybridized carbons (Fsp3) is 0.429. The molecule has 3 rings (SSSR count). The molecule has 0 spiro atoms. The molecule has 5 nitrogen and oxygen atoms in total. The summed E-state index contributed by atoms with van der Waals surface area (Å²) in [5.74, 6) is 0. The van der Waals surface area contributed by atoms with Gasteiger partial charge in [-0.2, -0.15) is 15.4 Å². The van der Waals surface area contributed by atoms with E-state index in [1.807, 2.05) is 24.3 Å². The Labute approximate surface area is 118 Å². The first kappa shape index (κ1) is 13.3. The van der Waals surface area contributed by atoms with Crippen LogP contribution in [0.1, 0.15) is 27.7 Å². The molecule has 20 heavy (non-hydrogen) atoms. The van der Waals surface area contributed by atoms with Crippen molar-refractivity contribution in [2.45, 2.75) is 38.9 Å². The fourth-order valence-electron chi connectivity index (χ4n) is 2.13. The Kier molecular flexibility index (Phi) is 2.95. The van der Waals surface area contributed by atoms with Crippen LogP contribution in [-0.2, 0) is 9.31 Å². The molecule has 6 heteroatoms. The van der Waals surface area contributed by atoms with Crippen LogP contribution in [0.5, 0.6) is 0 Å². The average molecular weight is 271 g/mol. The maximum absolute atomic E-state index is 6.02. The number of rotatable bonds is 2. The van der Waals surface area contributed by atoms with E-state index in [1.165, 1.54) is 0 Å². The van der Waals surface area contributed by atoms with Crippen LogP contribution >= 0.6 is 0 Å². The van der Waals surface area contributed by atoms with Gasteiger partial charge in [0.1, 0.15) is 5.69 Å². The lowest BCUT2D eigenvalue weighted by molar-refractivity contribution is 0.00578. The molecular formula is C14H18BN3O2. The van der Waals surface area contributed by atoms with Crippen LogP contribution in [-0.4, -0.2) is 33.7 Å². The maximum Gasteiger partial charge on any atom is 0.494 e. The molecule has 0 unspecified atom stereocenters. The van der Waals surface area contributed by atoms with Crippen molar-refractivity contribution < 1.29 is 9.31 Å². The molecular weight excluding hydrogens is 253 g/mol. The molecule has 1 saturated heterocycles. The Morgan fingerprint density at radius 3 is 2.10 bits per heavy atom. The minimum Gasteiger partial charge on any atom is -0.399 e. The van der Waals surface area contributed by atoms with Gasteiger partial charge in [0.25, 0.3) is 0 Å². The Morgan fingerprint density at radius 2 is 1.60 bits per heavy atom. The molecule has 0 saturated carbocycles. The Bertz CT molecular complexity index is 577. The summed E-state index contributed by atoms with van der Waals surface area (Å²) in [6, 6.07) is 8.01. The zero-order chi connectivity index (χ0) is 14.4. The van der Waals surface area contributed by atoms with E-state index in [1.54, 1.807) is 6.20 Å². The van der Waals surface area contributed by atoms with E-state index < -0.39 is 0 Å². The zero-order valence-electron chi connectivity index (χ0n) is 12.2. The van der Waals surface area contributed by atoms with Gasteiger partial charge in [0, 0.05) is 5.56 Å². The van der Waals surface area contributed by atoms with Crippen molar-refractivity contribution in [1.29, 1.82) is 0 Å². The van der Waals surface area contributed by atoms with Crippen LogP contribution < -0.4 is 5.46 Å². The molecule has 1 aliphatic heterocycles. The topological polar surface area (TPSA) is 60.0 Å². The molecule has 1 N–H and O–H groups in total. The van der Waals surface area contributed by atoms with E-state index in [2.05, 4.69) is 43.1 Å². The van der Waals surface area contributed by atoms with Crippen LogP contribution in [0.4, 0.5) is 0 Å². The summed E-state index contributed by atoms with van der Waals surface area (Å²) in [6.45, 7) is 8.21. The second-order valence-corrected chi connectivity index (χ2v) is 6.07. The van der Waals surface area contributed by atoms with Crippen LogP contribution in [0.25, 0.3) is 11.3 Å². The number of hydrogen-bond donors (Lipinski definition) is 1. The molecule has 0 amide bonds. The summed E-state index contributed by atoms with van der Waals surface area (Å²) in [5.41, 5.74) is 2.21. The highest BCUT2D eigenvalue weighted by Gasteiger charge is 2.51. The first-order valence-electron chi connectivity index (χ1n) is 6.71. The normalized spacial score (nSPS) is 20.3. The lowest BCUT2D eigenvalue weighted by Crippen LogP contribution is -2.41. The van der Waals surface area contributed by atoms with Crippen LogP contribution in [0.2, 0.25) is 0 Å². The highest BCUT2D eigenvalue weighted by atomic mass is 16.7. The van der Waals surface area contributed by atoms with Gasteiger partial charge in [0.2, 0.25) is 0 Å². The number of aromatic amines is 1. The third kappa shape index (κ3) is 2.15. The van der Waals surface area contributed by atoms with Gasteiger partial charge in [-0.25, -0.2) is 0 Å². The van der Waals surface area contributed by atoms with Gasteiger partial charge in [0.15, 0.2) is 0 Å². The van der Waals surface area contributed by atoms with Gasteiger partial charge in [-0.05, 0) is 33.2 Å². The van der Waals surface area contributed by atoms with Crippen LogP contribution in [0, 0.1) is 0 Å². The lowest BCUT2D eigenvalue weighted by Gasteiger charge is -2.32. The van der Waals surface area contributed by atoms with Crippen molar-refractivity contribution in [3.8, 4) is 11.3 Å². The van der Waals surface area contributed by atoms with Crippen molar-refractivity contribution in [1.82, 2.24) is 15.4 Å². The van der Waals surface area contributed by atoms with Gasteiger partial charge >= 0.3 is 7.12 Å². The van der Waals surface area contributed by atoms with Crippen molar-refractivity contribution in [3.05, 3.63) is 30.5 Å². The Balaban J connectivity index is 1.83. The first-order chi connectivity index (χ1) is 9.39. The van der Waals surface area contributed by atoms with Crippen molar-refractivity contribution in [3.63, 3.8) is 0 Å². The van der Waals surface area contributed by atoms with E-state index in [-0.39, 0.29) is 18.3 Å². The van der Waals surface area contributed by atoms with Gasteiger partial charge in [0.05, 0.1) is 17.4 Å². The van der Waals surface area contributed by atoms with Gasteiger partial charge in [-0.3, -0.25) is 0 Å². The van der Waals surface area contributed by atoms with Crippen molar-refractivity contribution in [2.75, 3.05) is 0 Å². The number of H-pyrrole nitrogens is 1. The number of hydrogen-bond acceptors (Lipinski definition) is 4. The largest absolute Gasteiger partial charge is 0.494 e. The third-order valence-corrected chi connectivity index (χ3v) is 4.15. The molecule has 1 fully saturated rings. The molecule has 1 aromatic carbocycles. The van der Waals surface area contributed by atoms with E-state index >= 15 is 0 Å². The van der Waals surface area contributed by atoms with Crippen LogP contribution in [0.3, 0.4) is 0 Å². The number of nitrogens with one attached hydrogen (secondary N) is 1. The van der Waals surface area contributed by atoms with E-state index in [9.17, 15) is 0 Å². The molecule has 1 aliphatic rings. The highest BCUT2D eigenvalue weighted by Crippen LogP contribution is 2.36. The minimum atomic E-state index is -0.327.